The monoisotopic (exact) mass is 392 g/mol. The Balaban J connectivity index is 2.14. The first-order chi connectivity index (χ1) is 13.4. The van der Waals surface area contributed by atoms with Crippen LogP contribution < -0.4 is 11.1 Å². The Kier molecular flexibility index (Phi) is 5.48. The average Bonchev–Trinajstić information content (AvgIpc) is 2.92. The van der Waals surface area contributed by atoms with Crippen LogP contribution >= 0.6 is 11.6 Å². The van der Waals surface area contributed by atoms with Crippen LogP contribution in [0.15, 0.2) is 54.1 Å². The van der Waals surface area contributed by atoms with Gasteiger partial charge in [0.15, 0.2) is 0 Å². The minimum absolute atomic E-state index is 0.206. The number of nitriles is 1. The number of rotatable bonds is 4. The van der Waals surface area contributed by atoms with Gasteiger partial charge in [-0.1, -0.05) is 48.0 Å². The van der Waals surface area contributed by atoms with Crippen LogP contribution in [0.3, 0.4) is 0 Å². The van der Waals surface area contributed by atoms with Gasteiger partial charge >= 0.3 is 6.03 Å². The van der Waals surface area contributed by atoms with Crippen molar-refractivity contribution in [1.29, 1.82) is 5.26 Å². The quantitative estimate of drug-likeness (QED) is 0.522. The Morgan fingerprint density at radius 3 is 2.57 bits per heavy atom. The Hall–Kier alpha value is -3.56. The van der Waals surface area contributed by atoms with Crippen LogP contribution in [0, 0.1) is 18.3 Å². The third-order valence-electron chi connectivity index (χ3n) is 4.46. The number of halogens is 1. The van der Waals surface area contributed by atoms with Gasteiger partial charge in [-0.25, -0.2) is 4.79 Å². The SMILES string of the molecule is Cc1c(/C=C(/C#N)C(=O)NC(N)=O)c2ccccc2n1Cc1ccccc1Cl. The number of hydrogen-bond acceptors (Lipinski definition) is 3. The molecule has 0 unspecified atom stereocenters. The van der Waals surface area contributed by atoms with Gasteiger partial charge in [0.05, 0.1) is 0 Å². The molecule has 0 radical (unpaired) electrons. The molecular formula is C21H17ClN4O2. The zero-order chi connectivity index (χ0) is 20.3. The molecule has 0 aliphatic carbocycles. The first-order valence-electron chi connectivity index (χ1n) is 8.46. The summed E-state index contributed by atoms with van der Waals surface area (Å²) < 4.78 is 2.07. The predicted octanol–water partition coefficient (Wildman–Crippen LogP) is 3.75. The van der Waals surface area contributed by atoms with Crippen molar-refractivity contribution in [1.82, 2.24) is 9.88 Å². The number of imide groups is 1. The van der Waals surface area contributed by atoms with Crippen molar-refractivity contribution < 1.29 is 9.59 Å². The van der Waals surface area contributed by atoms with E-state index in [0.29, 0.717) is 11.6 Å². The Labute approximate surface area is 166 Å². The van der Waals surface area contributed by atoms with Gasteiger partial charge in [-0.05, 0) is 30.7 Å². The molecule has 0 fully saturated rings. The lowest BCUT2D eigenvalue weighted by atomic mass is 10.1. The van der Waals surface area contributed by atoms with Gasteiger partial charge in [-0.3, -0.25) is 10.1 Å². The Bertz CT molecular complexity index is 1150. The fourth-order valence-electron chi connectivity index (χ4n) is 3.11. The number of para-hydroxylation sites is 1. The van der Waals surface area contributed by atoms with E-state index in [1.165, 1.54) is 6.08 Å². The summed E-state index contributed by atoms with van der Waals surface area (Å²) in [7, 11) is 0. The number of carbonyl (C=O) groups excluding carboxylic acids is 2. The zero-order valence-electron chi connectivity index (χ0n) is 15.1. The first kappa shape index (κ1) is 19.2. The number of fused-ring (bicyclic) bond motifs is 1. The van der Waals surface area contributed by atoms with E-state index in [9.17, 15) is 14.9 Å². The number of amides is 3. The molecule has 2 aromatic carbocycles. The molecule has 1 heterocycles. The van der Waals surface area contributed by atoms with Crippen LogP contribution in [-0.2, 0) is 11.3 Å². The molecule has 7 heteroatoms. The van der Waals surface area contributed by atoms with Gasteiger partial charge in [0.25, 0.3) is 5.91 Å². The summed E-state index contributed by atoms with van der Waals surface area (Å²) in [6.45, 7) is 2.44. The molecule has 3 rings (SSSR count). The summed E-state index contributed by atoms with van der Waals surface area (Å²) >= 11 is 6.32. The maximum Gasteiger partial charge on any atom is 0.319 e. The molecule has 3 aromatic rings. The molecule has 0 atom stereocenters. The number of aromatic nitrogens is 1. The van der Waals surface area contributed by atoms with E-state index in [4.69, 9.17) is 17.3 Å². The second-order valence-electron chi connectivity index (χ2n) is 6.18. The summed E-state index contributed by atoms with van der Waals surface area (Å²) in [4.78, 5) is 23.0. The standard InChI is InChI=1S/C21H17ClN4O2/c1-13-17(10-15(11-23)20(27)25-21(24)28)16-7-3-5-9-19(16)26(13)12-14-6-2-4-8-18(14)22/h2-10H,12H2,1H3,(H3,24,25,27,28)/b15-10-. The van der Waals surface area contributed by atoms with Gasteiger partial charge in [-0.2, -0.15) is 5.26 Å². The third-order valence-corrected chi connectivity index (χ3v) is 4.83. The lowest BCUT2D eigenvalue weighted by molar-refractivity contribution is -0.115. The largest absolute Gasteiger partial charge is 0.351 e. The maximum atomic E-state index is 12.1. The van der Waals surface area contributed by atoms with Crippen LogP contribution in [0.2, 0.25) is 5.02 Å². The van der Waals surface area contributed by atoms with Crippen molar-refractivity contribution >= 4 is 40.5 Å². The molecule has 0 spiro atoms. The number of hydrogen-bond donors (Lipinski definition) is 2. The van der Waals surface area contributed by atoms with Crippen molar-refractivity contribution in [3.8, 4) is 6.07 Å². The van der Waals surface area contributed by atoms with Gasteiger partial charge in [0.1, 0.15) is 11.6 Å². The maximum absolute atomic E-state index is 12.1. The van der Waals surface area contributed by atoms with Crippen molar-refractivity contribution in [2.45, 2.75) is 13.5 Å². The number of carbonyl (C=O) groups is 2. The highest BCUT2D eigenvalue weighted by Crippen LogP contribution is 2.29. The van der Waals surface area contributed by atoms with E-state index in [0.717, 1.165) is 27.7 Å². The summed E-state index contributed by atoms with van der Waals surface area (Å²) in [5.74, 6) is -0.836. The fourth-order valence-corrected chi connectivity index (χ4v) is 3.31. The van der Waals surface area contributed by atoms with E-state index in [-0.39, 0.29) is 5.57 Å². The van der Waals surface area contributed by atoms with Gasteiger partial charge < -0.3 is 10.3 Å². The smallest absolute Gasteiger partial charge is 0.319 e. The van der Waals surface area contributed by atoms with Crippen molar-refractivity contribution in [2.24, 2.45) is 5.73 Å². The Morgan fingerprint density at radius 1 is 1.21 bits per heavy atom. The minimum Gasteiger partial charge on any atom is -0.351 e. The van der Waals surface area contributed by atoms with E-state index < -0.39 is 11.9 Å². The fraction of sp³-hybridized carbons (Fsp3) is 0.0952. The molecular weight excluding hydrogens is 376 g/mol. The Morgan fingerprint density at radius 2 is 1.89 bits per heavy atom. The molecule has 0 saturated carbocycles. The second kappa shape index (κ2) is 7.99. The van der Waals surface area contributed by atoms with E-state index >= 15 is 0 Å². The molecule has 6 nitrogen and oxygen atoms in total. The molecule has 0 bridgehead atoms. The molecule has 1 aromatic heterocycles. The number of primary amides is 1. The molecule has 3 amide bonds. The predicted molar refractivity (Wildman–Crippen MR) is 109 cm³/mol. The second-order valence-corrected chi connectivity index (χ2v) is 6.59. The number of nitrogens with one attached hydrogen (secondary N) is 1. The van der Waals surface area contributed by atoms with Crippen molar-refractivity contribution in [3.05, 3.63) is 75.9 Å². The topological polar surface area (TPSA) is 101 Å². The molecule has 0 aliphatic rings. The van der Waals surface area contributed by atoms with Crippen LogP contribution in [0.25, 0.3) is 17.0 Å². The van der Waals surface area contributed by atoms with Crippen molar-refractivity contribution in [2.75, 3.05) is 0 Å². The van der Waals surface area contributed by atoms with Gasteiger partial charge in [-0.15, -0.1) is 0 Å². The summed E-state index contributed by atoms with van der Waals surface area (Å²) in [5.41, 5.74) is 8.25. The number of nitrogens with zero attached hydrogens (tertiary/aromatic N) is 2. The van der Waals surface area contributed by atoms with E-state index in [1.807, 2.05) is 66.8 Å². The molecule has 28 heavy (non-hydrogen) atoms. The lowest BCUT2D eigenvalue weighted by Gasteiger charge is -2.10. The molecule has 0 saturated heterocycles. The lowest BCUT2D eigenvalue weighted by Crippen LogP contribution is -2.35. The van der Waals surface area contributed by atoms with Crippen LogP contribution in [-0.4, -0.2) is 16.5 Å². The van der Waals surface area contributed by atoms with Gasteiger partial charge in [0, 0.05) is 33.7 Å². The first-order valence-corrected chi connectivity index (χ1v) is 8.84. The van der Waals surface area contributed by atoms with Crippen LogP contribution in [0.4, 0.5) is 4.79 Å². The number of nitrogens with two attached hydrogens (primary N) is 1. The normalized spacial score (nSPS) is 11.2. The highest BCUT2D eigenvalue weighted by molar-refractivity contribution is 6.31. The minimum atomic E-state index is -1.01. The highest BCUT2D eigenvalue weighted by Gasteiger charge is 2.17. The summed E-state index contributed by atoms with van der Waals surface area (Å²) in [5, 5.41) is 12.8. The summed E-state index contributed by atoms with van der Waals surface area (Å²) in [6, 6.07) is 16.1. The molecule has 140 valence electrons. The van der Waals surface area contributed by atoms with Crippen molar-refractivity contribution in [3.63, 3.8) is 0 Å². The summed E-state index contributed by atoms with van der Waals surface area (Å²) in [6.07, 6.45) is 1.47. The zero-order valence-corrected chi connectivity index (χ0v) is 15.8. The van der Waals surface area contributed by atoms with Gasteiger partial charge in [0.2, 0.25) is 0 Å². The van der Waals surface area contributed by atoms with Crippen LogP contribution in [0.5, 0.6) is 0 Å². The number of benzene rings is 2. The third kappa shape index (κ3) is 3.75. The molecule has 0 aliphatic heterocycles. The molecule has 3 N–H and O–H groups in total. The van der Waals surface area contributed by atoms with E-state index in [1.54, 1.807) is 0 Å². The average molecular weight is 393 g/mol. The number of urea groups is 1. The van der Waals surface area contributed by atoms with E-state index in [2.05, 4.69) is 4.57 Å². The highest BCUT2D eigenvalue weighted by atomic mass is 35.5. The van der Waals surface area contributed by atoms with Crippen LogP contribution in [0.1, 0.15) is 16.8 Å².